The number of rotatable bonds is 5. The zero-order valence-electron chi connectivity index (χ0n) is 14.3. The van der Waals surface area contributed by atoms with E-state index in [1.807, 2.05) is 13.0 Å². The molecule has 0 saturated heterocycles. The third-order valence-corrected chi connectivity index (χ3v) is 4.51. The molecule has 0 saturated carbocycles. The molecule has 0 aliphatic heterocycles. The van der Waals surface area contributed by atoms with E-state index in [-0.39, 0.29) is 12.4 Å². The fourth-order valence-electron chi connectivity index (χ4n) is 2.89. The van der Waals surface area contributed by atoms with Crippen molar-refractivity contribution in [3.05, 3.63) is 64.8 Å². The first kappa shape index (κ1) is 17.4. The number of imidazole rings is 1. The molecular formula is C18H16ClFN6O. The molecule has 0 aliphatic carbocycles. The molecule has 0 fully saturated rings. The summed E-state index contributed by atoms with van der Waals surface area (Å²) in [4.78, 5) is 8.89. The molecule has 1 aromatic carbocycles. The van der Waals surface area contributed by atoms with Crippen molar-refractivity contribution in [2.45, 2.75) is 13.0 Å². The van der Waals surface area contributed by atoms with Gasteiger partial charge in [0, 0.05) is 11.8 Å². The standard InChI is InChI=1S/C18H16ClFN6O/c1-10-6-16(25-24-10)22-17-13(19)7-14-18(23-17)26(9-21-14)15(8-27)11-2-4-12(20)5-3-11/h2-7,9,15,27H,8H2,1H3,(H2,22,23,24,25). The van der Waals surface area contributed by atoms with Crippen molar-refractivity contribution in [3.8, 4) is 0 Å². The average Bonchev–Trinajstić information content (AvgIpc) is 3.24. The van der Waals surface area contributed by atoms with E-state index in [2.05, 4.69) is 25.5 Å². The number of nitrogens with zero attached hydrogens (tertiary/aromatic N) is 4. The van der Waals surface area contributed by atoms with Gasteiger partial charge < -0.3 is 15.0 Å². The van der Waals surface area contributed by atoms with Crippen molar-refractivity contribution in [2.75, 3.05) is 11.9 Å². The molecule has 7 nitrogen and oxygen atoms in total. The van der Waals surface area contributed by atoms with Crippen LogP contribution in [0.5, 0.6) is 0 Å². The first-order chi connectivity index (χ1) is 13.0. The second-order valence-electron chi connectivity index (χ2n) is 6.12. The molecule has 138 valence electrons. The van der Waals surface area contributed by atoms with Crippen LogP contribution in [-0.2, 0) is 0 Å². The summed E-state index contributed by atoms with van der Waals surface area (Å²) >= 11 is 6.31. The Morgan fingerprint density at radius 1 is 1.30 bits per heavy atom. The summed E-state index contributed by atoms with van der Waals surface area (Å²) < 4.78 is 15.0. The van der Waals surface area contributed by atoms with Gasteiger partial charge in [-0.05, 0) is 30.7 Å². The third kappa shape index (κ3) is 3.36. The second-order valence-corrected chi connectivity index (χ2v) is 6.53. The molecule has 0 bridgehead atoms. The lowest BCUT2D eigenvalue weighted by molar-refractivity contribution is 0.251. The maximum atomic E-state index is 13.2. The van der Waals surface area contributed by atoms with Crippen LogP contribution >= 0.6 is 11.6 Å². The van der Waals surface area contributed by atoms with Gasteiger partial charge in [-0.1, -0.05) is 23.7 Å². The maximum absolute atomic E-state index is 13.2. The number of nitrogens with one attached hydrogen (secondary N) is 2. The second kappa shape index (κ2) is 6.98. The molecule has 0 radical (unpaired) electrons. The molecular weight excluding hydrogens is 371 g/mol. The molecule has 3 N–H and O–H groups in total. The summed E-state index contributed by atoms with van der Waals surface area (Å²) in [5.74, 6) is 0.675. The van der Waals surface area contributed by atoms with E-state index in [0.717, 1.165) is 11.3 Å². The van der Waals surface area contributed by atoms with Gasteiger partial charge in [0.15, 0.2) is 17.3 Å². The zero-order chi connectivity index (χ0) is 19.0. The van der Waals surface area contributed by atoms with Gasteiger partial charge in [-0.2, -0.15) is 5.10 Å². The largest absolute Gasteiger partial charge is 0.394 e. The quantitative estimate of drug-likeness (QED) is 0.487. The van der Waals surface area contributed by atoms with Crippen LogP contribution in [0.3, 0.4) is 0 Å². The number of aliphatic hydroxyl groups is 1. The number of aryl methyl sites for hydroxylation is 1. The summed E-state index contributed by atoms with van der Waals surface area (Å²) in [7, 11) is 0. The Balaban J connectivity index is 1.76. The molecule has 3 aromatic heterocycles. The Hall–Kier alpha value is -2.97. The molecule has 4 aromatic rings. The minimum Gasteiger partial charge on any atom is -0.394 e. The van der Waals surface area contributed by atoms with Crippen LogP contribution in [0, 0.1) is 12.7 Å². The molecule has 0 spiro atoms. The van der Waals surface area contributed by atoms with E-state index in [0.29, 0.717) is 27.8 Å². The number of fused-ring (bicyclic) bond motifs is 1. The van der Waals surface area contributed by atoms with Crippen molar-refractivity contribution >= 4 is 34.4 Å². The van der Waals surface area contributed by atoms with Crippen LogP contribution in [0.15, 0.2) is 42.7 Å². The number of hydrogen-bond donors (Lipinski definition) is 3. The van der Waals surface area contributed by atoms with Gasteiger partial charge in [-0.3, -0.25) is 5.10 Å². The van der Waals surface area contributed by atoms with Gasteiger partial charge in [0.25, 0.3) is 0 Å². The number of pyridine rings is 1. The number of aromatic nitrogens is 5. The third-order valence-electron chi connectivity index (χ3n) is 4.22. The summed E-state index contributed by atoms with van der Waals surface area (Å²) in [5.41, 5.74) is 2.77. The van der Waals surface area contributed by atoms with E-state index in [1.54, 1.807) is 29.1 Å². The summed E-state index contributed by atoms with van der Waals surface area (Å²) in [6.45, 7) is 1.70. The Kier molecular flexibility index (Phi) is 4.51. The number of anilines is 2. The average molecular weight is 387 g/mol. The number of aromatic amines is 1. The van der Waals surface area contributed by atoms with Gasteiger partial charge >= 0.3 is 0 Å². The zero-order valence-corrected chi connectivity index (χ0v) is 15.1. The fraction of sp³-hybridized carbons (Fsp3) is 0.167. The molecule has 4 rings (SSSR count). The number of hydrogen-bond acceptors (Lipinski definition) is 5. The molecule has 9 heteroatoms. The number of aliphatic hydroxyl groups excluding tert-OH is 1. The monoisotopic (exact) mass is 386 g/mol. The number of H-pyrrole nitrogens is 1. The highest BCUT2D eigenvalue weighted by Gasteiger charge is 2.18. The number of benzene rings is 1. The summed E-state index contributed by atoms with van der Waals surface area (Å²) in [6.07, 6.45) is 1.58. The molecule has 0 aliphatic rings. The lowest BCUT2D eigenvalue weighted by Gasteiger charge is -2.17. The highest BCUT2D eigenvalue weighted by molar-refractivity contribution is 6.33. The van der Waals surface area contributed by atoms with E-state index in [9.17, 15) is 9.50 Å². The first-order valence-electron chi connectivity index (χ1n) is 8.23. The fourth-order valence-corrected chi connectivity index (χ4v) is 3.08. The van der Waals surface area contributed by atoms with Gasteiger partial charge in [-0.25, -0.2) is 14.4 Å². The highest BCUT2D eigenvalue weighted by Crippen LogP contribution is 2.29. The van der Waals surface area contributed by atoms with Gasteiger partial charge in [0.05, 0.1) is 24.0 Å². The van der Waals surface area contributed by atoms with E-state index < -0.39 is 6.04 Å². The van der Waals surface area contributed by atoms with Crippen molar-refractivity contribution in [1.29, 1.82) is 0 Å². The van der Waals surface area contributed by atoms with Crippen molar-refractivity contribution in [2.24, 2.45) is 0 Å². The highest BCUT2D eigenvalue weighted by atomic mass is 35.5. The van der Waals surface area contributed by atoms with Gasteiger partial charge in [0.1, 0.15) is 11.3 Å². The smallest absolute Gasteiger partial charge is 0.162 e. The normalized spacial score (nSPS) is 12.4. The van der Waals surface area contributed by atoms with Gasteiger partial charge in [0.2, 0.25) is 0 Å². The van der Waals surface area contributed by atoms with Crippen molar-refractivity contribution in [3.63, 3.8) is 0 Å². The molecule has 27 heavy (non-hydrogen) atoms. The number of halogens is 2. The molecule has 1 unspecified atom stereocenters. The first-order valence-corrected chi connectivity index (χ1v) is 8.61. The van der Waals surface area contributed by atoms with Crippen LogP contribution in [-0.4, -0.2) is 36.4 Å². The molecule has 3 heterocycles. The van der Waals surface area contributed by atoms with Crippen molar-refractivity contribution in [1.82, 2.24) is 24.7 Å². The van der Waals surface area contributed by atoms with Crippen LogP contribution in [0.4, 0.5) is 16.0 Å². The Bertz CT molecular complexity index is 1090. The minimum atomic E-state index is -0.454. The topological polar surface area (TPSA) is 91.7 Å². The molecule has 0 amide bonds. The van der Waals surface area contributed by atoms with Crippen LogP contribution in [0.2, 0.25) is 5.02 Å². The van der Waals surface area contributed by atoms with Crippen LogP contribution in [0.25, 0.3) is 11.2 Å². The Labute approximate surface area is 158 Å². The lowest BCUT2D eigenvalue weighted by atomic mass is 10.1. The summed E-state index contributed by atoms with van der Waals surface area (Å²) in [6, 6.07) is 9.04. The van der Waals surface area contributed by atoms with E-state index in [4.69, 9.17) is 11.6 Å². The van der Waals surface area contributed by atoms with E-state index in [1.165, 1.54) is 12.1 Å². The Morgan fingerprint density at radius 2 is 2.07 bits per heavy atom. The maximum Gasteiger partial charge on any atom is 0.162 e. The van der Waals surface area contributed by atoms with Gasteiger partial charge in [-0.15, -0.1) is 0 Å². The van der Waals surface area contributed by atoms with E-state index >= 15 is 0 Å². The predicted molar refractivity (Wildman–Crippen MR) is 101 cm³/mol. The summed E-state index contributed by atoms with van der Waals surface area (Å²) in [5, 5.41) is 20.3. The van der Waals surface area contributed by atoms with Crippen molar-refractivity contribution < 1.29 is 9.50 Å². The SMILES string of the molecule is Cc1cc(Nc2nc3c(cc2Cl)ncn3C(CO)c2ccc(F)cc2)n[nH]1. The van der Waals surface area contributed by atoms with Crippen LogP contribution < -0.4 is 5.32 Å². The Morgan fingerprint density at radius 3 is 2.74 bits per heavy atom. The van der Waals surface area contributed by atoms with Crippen LogP contribution in [0.1, 0.15) is 17.3 Å². The predicted octanol–water partition coefficient (Wildman–Crippen LogP) is 3.58. The lowest BCUT2D eigenvalue weighted by Crippen LogP contribution is -2.14. The minimum absolute atomic E-state index is 0.192. The molecule has 1 atom stereocenters.